The first-order valence-corrected chi connectivity index (χ1v) is 8.13. The molecule has 1 unspecified atom stereocenters. The van der Waals surface area contributed by atoms with Gasteiger partial charge in [0, 0.05) is 26.1 Å². The van der Waals surface area contributed by atoms with Crippen molar-refractivity contribution in [3.63, 3.8) is 0 Å². The molecule has 1 aromatic carbocycles. The molecular weight excluding hydrogens is 292 g/mol. The fourth-order valence-corrected chi connectivity index (χ4v) is 3.00. The van der Waals surface area contributed by atoms with Crippen LogP contribution in [-0.2, 0) is 16.1 Å². The number of benzene rings is 1. The van der Waals surface area contributed by atoms with Crippen molar-refractivity contribution in [3.05, 3.63) is 30.6 Å². The van der Waals surface area contributed by atoms with E-state index in [-0.39, 0.29) is 11.8 Å². The Labute approximate surface area is 135 Å². The molecule has 3 rings (SSSR count). The van der Waals surface area contributed by atoms with Gasteiger partial charge in [-0.05, 0) is 31.9 Å². The highest BCUT2D eigenvalue weighted by molar-refractivity contribution is 5.87. The zero-order valence-corrected chi connectivity index (χ0v) is 13.4. The number of amides is 2. The Hall–Kier alpha value is -2.37. The lowest BCUT2D eigenvalue weighted by atomic mass is 10.2. The smallest absolute Gasteiger partial charge is 0.244 e. The fraction of sp³-hybridized carbons (Fsp3) is 0.471. The molecule has 1 saturated heterocycles. The molecule has 0 spiro atoms. The molecule has 23 heavy (non-hydrogen) atoms. The van der Waals surface area contributed by atoms with Crippen LogP contribution in [0.5, 0.6) is 0 Å². The first kappa shape index (κ1) is 15.5. The highest BCUT2D eigenvalue weighted by Crippen LogP contribution is 2.12. The van der Waals surface area contributed by atoms with Gasteiger partial charge in [-0.2, -0.15) is 0 Å². The number of likely N-dealkylation sites (tertiary alicyclic amines) is 1. The third-order valence-corrected chi connectivity index (χ3v) is 4.27. The van der Waals surface area contributed by atoms with Crippen LogP contribution in [0.15, 0.2) is 30.6 Å². The second kappa shape index (κ2) is 6.81. The van der Waals surface area contributed by atoms with Crippen LogP contribution in [-0.4, -0.2) is 45.4 Å². The van der Waals surface area contributed by atoms with E-state index in [9.17, 15) is 9.59 Å². The number of nitrogens with zero attached hydrogens (tertiary/aromatic N) is 3. The van der Waals surface area contributed by atoms with Crippen LogP contribution >= 0.6 is 0 Å². The van der Waals surface area contributed by atoms with Gasteiger partial charge in [-0.25, -0.2) is 4.98 Å². The minimum atomic E-state index is -0.458. The number of carbonyl (C=O) groups is 2. The number of fused-ring (bicyclic) bond motifs is 1. The van der Waals surface area contributed by atoms with E-state index in [1.54, 1.807) is 13.3 Å². The lowest BCUT2D eigenvalue weighted by Crippen LogP contribution is -2.46. The standard InChI is InChI=1S/C17H22N4O2/c1-13(17(23)20-9-4-5-10-20)19-16(22)8-11-21-12-18-14-6-2-3-7-15(14)21/h2-3,6-7,12-13H,4-5,8-11H2,1H3,(H,19,22). The van der Waals surface area contributed by atoms with Crippen LogP contribution in [0.25, 0.3) is 11.0 Å². The van der Waals surface area contributed by atoms with E-state index in [2.05, 4.69) is 10.3 Å². The molecule has 0 saturated carbocycles. The van der Waals surface area contributed by atoms with E-state index in [1.165, 1.54) is 0 Å². The summed E-state index contributed by atoms with van der Waals surface area (Å²) >= 11 is 0. The van der Waals surface area contributed by atoms with Crippen LogP contribution < -0.4 is 5.32 Å². The molecule has 1 aromatic heterocycles. The molecule has 2 heterocycles. The molecular formula is C17H22N4O2. The molecule has 0 bridgehead atoms. The average Bonchev–Trinajstić information content (AvgIpc) is 3.22. The Morgan fingerprint density at radius 1 is 1.26 bits per heavy atom. The number of aryl methyl sites for hydroxylation is 1. The van der Waals surface area contributed by atoms with E-state index in [0.717, 1.165) is 37.0 Å². The molecule has 122 valence electrons. The second-order valence-corrected chi connectivity index (χ2v) is 6.00. The molecule has 1 aliphatic rings. The number of nitrogens with one attached hydrogen (secondary N) is 1. The lowest BCUT2D eigenvalue weighted by molar-refractivity contribution is -0.135. The SMILES string of the molecule is CC(NC(=O)CCn1cnc2ccccc21)C(=O)N1CCCC1. The topological polar surface area (TPSA) is 67.2 Å². The summed E-state index contributed by atoms with van der Waals surface area (Å²) in [5, 5.41) is 2.80. The molecule has 1 fully saturated rings. The predicted molar refractivity (Wildman–Crippen MR) is 87.8 cm³/mol. The summed E-state index contributed by atoms with van der Waals surface area (Å²) in [5.41, 5.74) is 1.94. The molecule has 1 aliphatic heterocycles. The molecule has 1 atom stereocenters. The van der Waals surface area contributed by atoms with Crippen molar-refractivity contribution in [3.8, 4) is 0 Å². The Morgan fingerprint density at radius 3 is 2.78 bits per heavy atom. The number of aromatic nitrogens is 2. The second-order valence-electron chi connectivity index (χ2n) is 6.00. The van der Waals surface area contributed by atoms with Gasteiger partial charge in [0.1, 0.15) is 6.04 Å². The van der Waals surface area contributed by atoms with Crippen molar-refractivity contribution in [1.82, 2.24) is 19.8 Å². The van der Waals surface area contributed by atoms with Gasteiger partial charge < -0.3 is 14.8 Å². The van der Waals surface area contributed by atoms with Crippen LogP contribution in [0.2, 0.25) is 0 Å². The van der Waals surface area contributed by atoms with E-state index >= 15 is 0 Å². The maximum absolute atomic E-state index is 12.2. The fourth-order valence-electron chi connectivity index (χ4n) is 3.00. The summed E-state index contributed by atoms with van der Waals surface area (Å²) < 4.78 is 1.96. The number of carbonyl (C=O) groups excluding carboxylic acids is 2. The summed E-state index contributed by atoms with van der Waals surface area (Å²) in [6, 6.07) is 7.37. The van der Waals surface area contributed by atoms with Crippen molar-refractivity contribution >= 4 is 22.8 Å². The van der Waals surface area contributed by atoms with E-state index in [4.69, 9.17) is 0 Å². The zero-order valence-electron chi connectivity index (χ0n) is 13.4. The average molecular weight is 314 g/mol. The van der Waals surface area contributed by atoms with Gasteiger partial charge in [-0.3, -0.25) is 9.59 Å². The quantitative estimate of drug-likeness (QED) is 0.910. The molecule has 2 amide bonds. The first-order chi connectivity index (χ1) is 11.1. The minimum Gasteiger partial charge on any atom is -0.345 e. The van der Waals surface area contributed by atoms with Crippen molar-refractivity contribution in [2.75, 3.05) is 13.1 Å². The normalized spacial score (nSPS) is 15.8. The number of imidazole rings is 1. The van der Waals surface area contributed by atoms with Gasteiger partial charge in [0.15, 0.2) is 0 Å². The van der Waals surface area contributed by atoms with Crippen molar-refractivity contribution in [1.29, 1.82) is 0 Å². The minimum absolute atomic E-state index is 0.0175. The number of hydrogen-bond donors (Lipinski definition) is 1. The molecule has 6 heteroatoms. The van der Waals surface area contributed by atoms with Crippen LogP contribution in [0.1, 0.15) is 26.2 Å². The van der Waals surface area contributed by atoms with E-state index < -0.39 is 6.04 Å². The Balaban J connectivity index is 1.52. The Morgan fingerprint density at radius 2 is 2.00 bits per heavy atom. The number of rotatable bonds is 5. The van der Waals surface area contributed by atoms with Gasteiger partial charge in [0.05, 0.1) is 17.4 Å². The molecule has 6 nitrogen and oxygen atoms in total. The third-order valence-electron chi connectivity index (χ3n) is 4.27. The summed E-state index contributed by atoms with van der Waals surface area (Å²) in [6.45, 7) is 3.92. The van der Waals surface area contributed by atoms with Gasteiger partial charge in [-0.15, -0.1) is 0 Å². The summed E-state index contributed by atoms with van der Waals surface area (Å²) in [7, 11) is 0. The highest BCUT2D eigenvalue weighted by atomic mass is 16.2. The molecule has 0 radical (unpaired) electrons. The van der Waals surface area contributed by atoms with Crippen LogP contribution in [0.3, 0.4) is 0 Å². The Bertz CT molecular complexity index is 703. The molecule has 1 N–H and O–H groups in total. The Kier molecular flexibility index (Phi) is 4.60. The van der Waals surface area contributed by atoms with E-state index in [1.807, 2.05) is 33.7 Å². The monoisotopic (exact) mass is 314 g/mol. The van der Waals surface area contributed by atoms with Gasteiger partial charge in [-0.1, -0.05) is 12.1 Å². The zero-order chi connectivity index (χ0) is 16.2. The summed E-state index contributed by atoms with van der Waals surface area (Å²) in [5.74, 6) is -0.0910. The van der Waals surface area contributed by atoms with Crippen molar-refractivity contribution in [2.45, 2.75) is 38.8 Å². The molecule has 2 aromatic rings. The summed E-state index contributed by atoms with van der Waals surface area (Å²) in [6.07, 6.45) is 4.19. The maximum Gasteiger partial charge on any atom is 0.244 e. The van der Waals surface area contributed by atoms with Crippen LogP contribution in [0, 0.1) is 0 Å². The van der Waals surface area contributed by atoms with E-state index in [0.29, 0.717) is 13.0 Å². The van der Waals surface area contributed by atoms with Gasteiger partial charge in [0.25, 0.3) is 0 Å². The van der Waals surface area contributed by atoms with Crippen LogP contribution in [0.4, 0.5) is 0 Å². The largest absolute Gasteiger partial charge is 0.345 e. The maximum atomic E-state index is 12.2. The van der Waals surface area contributed by atoms with Crippen molar-refractivity contribution < 1.29 is 9.59 Å². The van der Waals surface area contributed by atoms with Gasteiger partial charge >= 0.3 is 0 Å². The molecule has 0 aliphatic carbocycles. The highest BCUT2D eigenvalue weighted by Gasteiger charge is 2.24. The van der Waals surface area contributed by atoms with Gasteiger partial charge in [0.2, 0.25) is 11.8 Å². The predicted octanol–water partition coefficient (Wildman–Crippen LogP) is 1.55. The van der Waals surface area contributed by atoms with Crippen molar-refractivity contribution in [2.24, 2.45) is 0 Å². The first-order valence-electron chi connectivity index (χ1n) is 8.13. The number of para-hydroxylation sites is 2. The summed E-state index contributed by atoms with van der Waals surface area (Å²) in [4.78, 5) is 30.4. The number of hydrogen-bond acceptors (Lipinski definition) is 3. The third kappa shape index (κ3) is 3.52. The lowest BCUT2D eigenvalue weighted by Gasteiger charge is -2.21.